The van der Waals surface area contributed by atoms with Crippen molar-refractivity contribution in [2.75, 3.05) is 31.2 Å². The third-order valence-electron chi connectivity index (χ3n) is 6.13. The number of thiophene rings is 1. The largest absolute Gasteiger partial charge is 0.414 e. The number of nitrogens with zero attached hydrogens (tertiary/aromatic N) is 1. The molecule has 2 aromatic carbocycles. The highest BCUT2D eigenvalue weighted by atomic mass is 35.5. The van der Waals surface area contributed by atoms with Crippen LogP contribution >= 0.6 is 22.9 Å². The molecule has 1 aromatic heterocycles. The molecule has 9 heteroatoms. The van der Waals surface area contributed by atoms with E-state index in [1.54, 1.807) is 25.3 Å². The fraction of sp³-hybridized carbons (Fsp3) is 0.308. The molecule has 1 atom stereocenters. The molecule has 1 aliphatic heterocycles. The van der Waals surface area contributed by atoms with Crippen LogP contribution in [-0.4, -0.2) is 42.6 Å². The topological polar surface area (TPSA) is 96.7 Å². The minimum absolute atomic E-state index is 0.145. The molecule has 0 saturated carbocycles. The van der Waals surface area contributed by atoms with Crippen LogP contribution in [0.2, 0.25) is 5.02 Å². The Morgan fingerprint density at radius 2 is 1.91 bits per heavy atom. The molecule has 35 heavy (non-hydrogen) atoms. The van der Waals surface area contributed by atoms with Crippen LogP contribution in [0.15, 0.2) is 53.9 Å². The molecule has 4 N–H and O–H groups in total. The SMILES string of the molecule is CN1CCc2ccc(NC(=O)C(C)(C)NC(=O)Oc3sccc3Cl)cc2C(c2ccc(N)cc2)C1. The summed E-state index contributed by atoms with van der Waals surface area (Å²) in [6, 6.07) is 15.6. The summed E-state index contributed by atoms with van der Waals surface area (Å²) < 4.78 is 5.23. The highest BCUT2D eigenvalue weighted by Crippen LogP contribution is 2.34. The molecule has 184 valence electrons. The minimum atomic E-state index is -1.22. The fourth-order valence-electron chi connectivity index (χ4n) is 4.11. The maximum Gasteiger partial charge on any atom is 0.414 e. The van der Waals surface area contributed by atoms with E-state index in [-0.39, 0.29) is 16.9 Å². The second-order valence-electron chi connectivity index (χ2n) is 9.29. The average Bonchev–Trinajstić information content (AvgIpc) is 3.12. The first-order valence-corrected chi connectivity index (χ1v) is 12.6. The van der Waals surface area contributed by atoms with Gasteiger partial charge >= 0.3 is 6.09 Å². The van der Waals surface area contributed by atoms with Gasteiger partial charge in [0.05, 0.1) is 5.02 Å². The molecule has 0 radical (unpaired) electrons. The molecule has 0 bridgehead atoms. The van der Waals surface area contributed by atoms with Crippen molar-refractivity contribution in [3.8, 4) is 5.06 Å². The first-order chi connectivity index (χ1) is 16.6. The number of benzene rings is 2. The molecule has 0 spiro atoms. The Bertz CT molecular complexity index is 1230. The Labute approximate surface area is 214 Å². The third-order valence-corrected chi connectivity index (χ3v) is 7.33. The van der Waals surface area contributed by atoms with Crippen molar-refractivity contribution in [1.29, 1.82) is 0 Å². The van der Waals surface area contributed by atoms with Gasteiger partial charge in [0.2, 0.25) is 11.0 Å². The number of amides is 2. The van der Waals surface area contributed by atoms with Crippen LogP contribution in [0.3, 0.4) is 0 Å². The Morgan fingerprint density at radius 1 is 1.17 bits per heavy atom. The predicted molar refractivity (Wildman–Crippen MR) is 142 cm³/mol. The number of ether oxygens (including phenoxy) is 1. The number of anilines is 2. The molecule has 0 aliphatic carbocycles. The Hall–Kier alpha value is -3.07. The van der Waals surface area contributed by atoms with Crippen molar-refractivity contribution >= 4 is 46.3 Å². The van der Waals surface area contributed by atoms with Crippen LogP contribution in [-0.2, 0) is 11.2 Å². The van der Waals surface area contributed by atoms with E-state index in [0.717, 1.165) is 25.2 Å². The van der Waals surface area contributed by atoms with Crippen molar-refractivity contribution < 1.29 is 14.3 Å². The molecule has 0 fully saturated rings. The number of likely N-dealkylation sites (N-methyl/N-ethyl adjacent to an activating group) is 1. The number of halogens is 1. The number of hydrogen-bond donors (Lipinski definition) is 3. The van der Waals surface area contributed by atoms with E-state index in [4.69, 9.17) is 22.1 Å². The maximum absolute atomic E-state index is 13.1. The highest BCUT2D eigenvalue weighted by Gasteiger charge is 2.31. The third kappa shape index (κ3) is 5.96. The number of carbonyl (C=O) groups is 2. The van der Waals surface area contributed by atoms with Gasteiger partial charge in [-0.15, -0.1) is 11.3 Å². The number of nitrogen functional groups attached to an aromatic ring is 1. The molecule has 1 aliphatic rings. The van der Waals surface area contributed by atoms with Gasteiger partial charge in [0.15, 0.2) is 0 Å². The molecule has 0 saturated heterocycles. The summed E-state index contributed by atoms with van der Waals surface area (Å²) in [5.41, 5.74) is 9.69. The van der Waals surface area contributed by atoms with Crippen molar-refractivity contribution in [1.82, 2.24) is 10.2 Å². The smallest absolute Gasteiger partial charge is 0.399 e. The number of nitrogens with one attached hydrogen (secondary N) is 2. The standard InChI is InChI=1S/C26H29ClN4O3S/c1-26(2,30-25(33)34-23-22(27)11-13-35-23)24(32)29-19-9-6-17-10-12-31(3)15-21(20(17)14-19)16-4-7-18(28)8-5-16/h4-9,11,13-14,21H,10,12,15,28H2,1-3H3,(H,29,32)(H,30,33). The zero-order valence-corrected chi connectivity index (χ0v) is 21.5. The zero-order chi connectivity index (χ0) is 25.2. The van der Waals surface area contributed by atoms with E-state index in [1.165, 1.54) is 28.0 Å². The molecule has 7 nitrogen and oxygen atoms in total. The predicted octanol–water partition coefficient (Wildman–Crippen LogP) is 5.11. The lowest BCUT2D eigenvalue weighted by molar-refractivity contribution is -0.121. The van der Waals surface area contributed by atoms with Gasteiger partial charge in [0.25, 0.3) is 0 Å². The van der Waals surface area contributed by atoms with Gasteiger partial charge in [0.1, 0.15) is 5.54 Å². The van der Waals surface area contributed by atoms with Crippen molar-refractivity contribution in [2.45, 2.75) is 31.7 Å². The summed E-state index contributed by atoms with van der Waals surface area (Å²) in [7, 11) is 2.12. The van der Waals surface area contributed by atoms with Gasteiger partial charge in [-0.1, -0.05) is 29.8 Å². The van der Waals surface area contributed by atoms with E-state index < -0.39 is 11.6 Å². The molecule has 4 rings (SSSR count). The number of hydrogen-bond acceptors (Lipinski definition) is 6. The van der Waals surface area contributed by atoms with Crippen LogP contribution < -0.4 is 21.1 Å². The second kappa shape index (κ2) is 10.3. The Morgan fingerprint density at radius 3 is 2.60 bits per heavy atom. The number of rotatable bonds is 5. The number of nitrogens with two attached hydrogens (primary N) is 1. The average molecular weight is 513 g/mol. The van der Waals surface area contributed by atoms with Gasteiger partial charge in [-0.25, -0.2) is 4.79 Å². The quantitative estimate of drug-likeness (QED) is 0.413. The van der Waals surface area contributed by atoms with E-state index >= 15 is 0 Å². The summed E-state index contributed by atoms with van der Waals surface area (Å²) in [5.74, 6) is -0.215. The van der Waals surface area contributed by atoms with Gasteiger partial charge in [0, 0.05) is 30.4 Å². The van der Waals surface area contributed by atoms with Crippen LogP contribution in [0.1, 0.15) is 36.5 Å². The van der Waals surface area contributed by atoms with E-state index in [2.05, 4.69) is 40.8 Å². The second-order valence-corrected chi connectivity index (χ2v) is 10.6. The summed E-state index contributed by atoms with van der Waals surface area (Å²) in [6.07, 6.45) is 0.179. The summed E-state index contributed by atoms with van der Waals surface area (Å²) in [4.78, 5) is 27.7. The summed E-state index contributed by atoms with van der Waals surface area (Å²) >= 11 is 7.19. The van der Waals surface area contributed by atoms with Gasteiger partial charge in [-0.2, -0.15) is 0 Å². The zero-order valence-electron chi connectivity index (χ0n) is 19.9. The van der Waals surface area contributed by atoms with Gasteiger partial charge < -0.3 is 26.0 Å². The lowest BCUT2D eigenvalue weighted by atomic mass is 9.87. The lowest BCUT2D eigenvalue weighted by Gasteiger charge is -2.25. The van der Waals surface area contributed by atoms with Gasteiger partial charge in [-0.05, 0) is 79.7 Å². The molecular formula is C26H29ClN4O3S. The fourth-order valence-corrected chi connectivity index (χ4v) is 5.05. The van der Waals surface area contributed by atoms with E-state index in [0.29, 0.717) is 10.7 Å². The molecular weight excluding hydrogens is 484 g/mol. The Kier molecular flexibility index (Phi) is 7.35. The van der Waals surface area contributed by atoms with Crippen LogP contribution in [0, 0.1) is 0 Å². The molecule has 2 heterocycles. The summed E-state index contributed by atoms with van der Waals surface area (Å²) in [6.45, 7) is 5.06. The molecule has 1 unspecified atom stereocenters. The number of fused-ring (bicyclic) bond motifs is 1. The monoisotopic (exact) mass is 512 g/mol. The van der Waals surface area contributed by atoms with Gasteiger partial charge in [-0.3, -0.25) is 4.79 Å². The lowest BCUT2D eigenvalue weighted by Crippen LogP contribution is -2.53. The van der Waals surface area contributed by atoms with Crippen LogP contribution in [0.4, 0.5) is 16.2 Å². The van der Waals surface area contributed by atoms with Crippen molar-refractivity contribution in [3.63, 3.8) is 0 Å². The Balaban J connectivity index is 1.52. The normalized spacial score (nSPS) is 16.2. The minimum Gasteiger partial charge on any atom is -0.399 e. The molecule has 3 aromatic rings. The van der Waals surface area contributed by atoms with Crippen LogP contribution in [0.5, 0.6) is 5.06 Å². The number of carbonyl (C=O) groups excluding carboxylic acids is 2. The summed E-state index contributed by atoms with van der Waals surface area (Å²) in [5, 5.41) is 7.92. The van der Waals surface area contributed by atoms with E-state index in [9.17, 15) is 9.59 Å². The first-order valence-electron chi connectivity index (χ1n) is 11.3. The maximum atomic E-state index is 13.1. The first kappa shape index (κ1) is 25.0. The van der Waals surface area contributed by atoms with Crippen molar-refractivity contribution in [2.24, 2.45) is 0 Å². The van der Waals surface area contributed by atoms with Crippen molar-refractivity contribution in [3.05, 3.63) is 75.6 Å². The van der Waals surface area contributed by atoms with E-state index in [1.807, 2.05) is 24.3 Å². The highest BCUT2D eigenvalue weighted by molar-refractivity contribution is 7.12. The molecule has 2 amide bonds. The van der Waals surface area contributed by atoms with Crippen LogP contribution in [0.25, 0.3) is 0 Å².